The van der Waals surface area contributed by atoms with Crippen LogP contribution < -0.4 is 10.2 Å². The fraction of sp³-hybridized carbons (Fsp3) is 0.296. The summed E-state index contributed by atoms with van der Waals surface area (Å²) in [5, 5.41) is 2.92. The molecule has 3 saturated heterocycles. The van der Waals surface area contributed by atoms with Crippen LogP contribution in [0.25, 0.3) is 11.1 Å². The average molecular weight is 474 g/mol. The molecule has 0 saturated carbocycles. The van der Waals surface area contributed by atoms with Crippen molar-refractivity contribution in [2.45, 2.75) is 35.1 Å². The summed E-state index contributed by atoms with van der Waals surface area (Å²) in [6, 6.07) is 20.9. The zero-order chi connectivity index (χ0) is 23.3. The van der Waals surface area contributed by atoms with Crippen molar-refractivity contribution in [3.8, 4) is 11.1 Å². The Balaban J connectivity index is 1.29. The Kier molecular flexibility index (Phi) is 5.19. The summed E-state index contributed by atoms with van der Waals surface area (Å²) in [7, 11) is -3.59. The molecule has 0 aliphatic carbocycles. The lowest BCUT2D eigenvalue weighted by atomic mass is 10.0. The molecule has 7 rings (SSSR count). The highest BCUT2D eigenvalue weighted by molar-refractivity contribution is 7.92. The zero-order valence-electron chi connectivity index (χ0n) is 18.9. The number of sulfone groups is 1. The first-order chi connectivity index (χ1) is 16.5. The van der Waals surface area contributed by atoms with Crippen LogP contribution in [0.5, 0.6) is 0 Å². The number of benzene rings is 3. The van der Waals surface area contributed by atoms with Crippen molar-refractivity contribution in [3.63, 3.8) is 0 Å². The summed E-state index contributed by atoms with van der Waals surface area (Å²) in [5.41, 5.74) is 3.88. The summed E-state index contributed by atoms with van der Waals surface area (Å²) in [5.74, 6) is -0.130. The number of amides is 1. The van der Waals surface area contributed by atoms with Gasteiger partial charge in [0.05, 0.1) is 16.2 Å². The Bertz CT molecular complexity index is 1360. The van der Waals surface area contributed by atoms with E-state index in [0.29, 0.717) is 32.6 Å². The number of carbonyl (C=O) groups excluding carboxylic acids is 1. The van der Waals surface area contributed by atoms with Crippen molar-refractivity contribution in [1.29, 1.82) is 0 Å². The van der Waals surface area contributed by atoms with Gasteiger partial charge in [0.1, 0.15) is 0 Å². The summed E-state index contributed by atoms with van der Waals surface area (Å²) >= 11 is 0. The molecule has 174 valence electrons. The highest BCUT2D eigenvalue weighted by atomic mass is 32.2. The predicted octanol–water partition coefficient (Wildman–Crippen LogP) is 3.97. The van der Waals surface area contributed by atoms with E-state index in [1.54, 1.807) is 18.2 Å². The molecule has 0 unspecified atom stereocenters. The lowest BCUT2D eigenvalue weighted by molar-refractivity contribution is -0.115. The number of rotatable bonds is 4. The fourth-order valence-electron chi connectivity index (χ4n) is 5.52. The van der Waals surface area contributed by atoms with Crippen molar-refractivity contribution in [2.75, 3.05) is 36.4 Å². The van der Waals surface area contributed by atoms with Gasteiger partial charge in [-0.1, -0.05) is 36.4 Å². The van der Waals surface area contributed by atoms with Gasteiger partial charge in [0, 0.05) is 54.7 Å². The van der Waals surface area contributed by atoms with Crippen LogP contribution in [0.15, 0.2) is 76.5 Å². The molecule has 0 radical (unpaired) electrons. The minimum Gasteiger partial charge on any atom is -0.367 e. The molecule has 0 atom stereocenters. The third kappa shape index (κ3) is 3.69. The maximum atomic E-state index is 13.4. The van der Waals surface area contributed by atoms with Crippen LogP contribution in [-0.2, 0) is 21.1 Å². The first kappa shape index (κ1) is 21.4. The molecule has 4 aliphatic rings. The highest BCUT2D eigenvalue weighted by Crippen LogP contribution is 2.46. The van der Waals surface area contributed by atoms with E-state index in [9.17, 15) is 13.2 Å². The summed E-state index contributed by atoms with van der Waals surface area (Å²) < 4.78 is 26.8. The van der Waals surface area contributed by atoms with E-state index in [4.69, 9.17) is 0 Å². The van der Waals surface area contributed by atoms with Gasteiger partial charge in [0.2, 0.25) is 15.7 Å². The zero-order valence-corrected chi connectivity index (χ0v) is 19.7. The second kappa shape index (κ2) is 8.25. The van der Waals surface area contributed by atoms with Crippen molar-refractivity contribution < 1.29 is 13.2 Å². The van der Waals surface area contributed by atoms with Crippen LogP contribution in [0.3, 0.4) is 0 Å². The molecular formula is C27H27N3O3S. The standard InChI is InChI=1S/C27H27N3O3S/c31-27(16-19-4-2-1-3-5-19)28-20-6-9-25-24(17-20)23-8-7-22(18-26(23)34(25,32)33)30-15-14-29-12-10-21(30)11-13-29/h1-9,17-18,21H,10-16H2,(H,28,31). The Labute approximate surface area is 200 Å². The minimum atomic E-state index is -3.59. The monoisotopic (exact) mass is 473 g/mol. The quantitative estimate of drug-likeness (QED) is 0.486. The van der Waals surface area contributed by atoms with Crippen molar-refractivity contribution in [1.82, 2.24) is 4.90 Å². The lowest BCUT2D eigenvalue weighted by Gasteiger charge is -2.33. The number of piperidine rings is 1. The normalized spacial score (nSPS) is 22.1. The van der Waals surface area contributed by atoms with E-state index in [1.807, 2.05) is 42.5 Å². The van der Waals surface area contributed by atoms with Gasteiger partial charge >= 0.3 is 0 Å². The van der Waals surface area contributed by atoms with Crippen LogP contribution in [-0.4, -0.2) is 51.4 Å². The van der Waals surface area contributed by atoms with Crippen LogP contribution in [0.4, 0.5) is 11.4 Å². The SMILES string of the molecule is O=C(Cc1ccccc1)Nc1ccc2c(c1)-c1ccc(N3CCN4CCC3CC4)cc1S2(=O)=O. The molecule has 2 bridgehead atoms. The molecule has 4 heterocycles. The third-order valence-electron chi connectivity index (χ3n) is 7.29. The lowest BCUT2D eigenvalue weighted by Crippen LogP contribution is -2.37. The first-order valence-corrected chi connectivity index (χ1v) is 13.3. The Morgan fingerprint density at radius 2 is 1.65 bits per heavy atom. The van der Waals surface area contributed by atoms with Gasteiger partial charge in [-0.3, -0.25) is 4.79 Å². The molecular weight excluding hydrogens is 446 g/mol. The summed E-state index contributed by atoms with van der Waals surface area (Å²) in [6.07, 6.45) is 2.51. The molecule has 1 amide bonds. The van der Waals surface area contributed by atoms with Crippen LogP contribution in [0, 0.1) is 0 Å². The number of nitrogens with one attached hydrogen (secondary N) is 1. The Morgan fingerprint density at radius 1 is 0.853 bits per heavy atom. The Hall–Kier alpha value is -3.16. The molecule has 0 spiro atoms. The van der Waals surface area contributed by atoms with Gasteiger partial charge in [0.15, 0.2) is 0 Å². The van der Waals surface area contributed by atoms with E-state index < -0.39 is 9.84 Å². The largest absolute Gasteiger partial charge is 0.367 e. The Morgan fingerprint density at radius 3 is 2.44 bits per heavy atom. The molecule has 3 aromatic carbocycles. The van der Waals surface area contributed by atoms with Gasteiger partial charge in [-0.15, -0.1) is 0 Å². The second-order valence-corrected chi connectivity index (χ2v) is 11.3. The van der Waals surface area contributed by atoms with E-state index >= 15 is 0 Å². The fourth-order valence-corrected chi connectivity index (χ4v) is 7.20. The molecule has 7 heteroatoms. The van der Waals surface area contributed by atoms with Gasteiger partial charge in [0.25, 0.3) is 0 Å². The van der Waals surface area contributed by atoms with Crippen LogP contribution in [0.2, 0.25) is 0 Å². The van der Waals surface area contributed by atoms with E-state index in [-0.39, 0.29) is 12.3 Å². The average Bonchev–Trinajstić information content (AvgIpc) is 3.04. The molecule has 34 heavy (non-hydrogen) atoms. The molecule has 3 fully saturated rings. The maximum Gasteiger partial charge on any atom is 0.228 e. The van der Waals surface area contributed by atoms with Crippen molar-refractivity contribution >= 4 is 27.1 Å². The number of hydrogen-bond acceptors (Lipinski definition) is 5. The van der Waals surface area contributed by atoms with Gasteiger partial charge in [-0.2, -0.15) is 0 Å². The topological polar surface area (TPSA) is 69.7 Å². The van der Waals surface area contributed by atoms with E-state index in [1.165, 1.54) is 0 Å². The minimum absolute atomic E-state index is 0.130. The molecule has 3 aromatic rings. The first-order valence-electron chi connectivity index (χ1n) is 11.9. The molecule has 0 aromatic heterocycles. The van der Waals surface area contributed by atoms with Crippen molar-refractivity contribution in [3.05, 3.63) is 72.3 Å². The third-order valence-corrected chi connectivity index (χ3v) is 9.14. The number of nitrogens with zero attached hydrogens (tertiary/aromatic N) is 2. The van der Waals surface area contributed by atoms with Gasteiger partial charge in [-0.25, -0.2) is 8.42 Å². The summed E-state index contributed by atoms with van der Waals surface area (Å²) in [6.45, 7) is 4.18. The molecule has 4 aliphatic heterocycles. The van der Waals surface area contributed by atoms with Gasteiger partial charge < -0.3 is 15.1 Å². The smallest absolute Gasteiger partial charge is 0.228 e. The number of hydrogen-bond donors (Lipinski definition) is 1. The van der Waals surface area contributed by atoms with Crippen molar-refractivity contribution in [2.24, 2.45) is 0 Å². The number of anilines is 2. The van der Waals surface area contributed by atoms with E-state index in [0.717, 1.165) is 50.3 Å². The van der Waals surface area contributed by atoms with Crippen LogP contribution in [0.1, 0.15) is 18.4 Å². The highest BCUT2D eigenvalue weighted by Gasteiger charge is 2.35. The second-order valence-electron chi connectivity index (χ2n) is 9.37. The summed E-state index contributed by atoms with van der Waals surface area (Å²) in [4.78, 5) is 18.1. The molecule has 6 nitrogen and oxygen atoms in total. The maximum absolute atomic E-state index is 13.4. The van der Waals surface area contributed by atoms with E-state index in [2.05, 4.69) is 21.2 Å². The number of fused-ring (bicyclic) bond motifs is 7. The van der Waals surface area contributed by atoms with Gasteiger partial charge in [-0.05, 0) is 48.7 Å². The molecule has 1 N–H and O–H groups in total. The van der Waals surface area contributed by atoms with Crippen LogP contribution >= 0.6 is 0 Å². The predicted molar refractivity (Wildman–Crippen MR) is 133 cm³/mol. The number of carbonyl (C=O) groups is 1.